The monoisotopic (exact) mass is 269 g/mol. The highest BCUT2D eigenvalue weighted by molar-refractivity contribution is 5.37. The summed E-state index contributed by atoms with van der Waals surface area (Å²) >= 11 is 0. The van der Waals surface area contributed by atoms with Gasteiger partial charge in [0.2, 0.25) is 0 Å². The predicted molar refractivity (Wildman–Crippen MR) is 78.5 cm³/mol. The van der Waals surface area contributed by atoms with E-state index in [1.165, 1.54) is 0 Å². The first-order valence-electron chi connectivity index (χ1n) is 6.99. The van der Waals surface area contributed by atoms with E-state index < -0.39 is 0 Å². The molecule has 1 fully saturated rings. The molecule has 1 aliphatic heterocycles. The minimum absolute atomic E-state index is 0.925. The van der Waals surface area contributed by atoms with E-state index in [-0.39, 0.29) is 0 Å². The molecule has 0 saturated carbocycles. The van der Waals surface area contributed by atoms with Crippen molar-refractivity contribution in [2.75, 3.05) is 31.1 Å². The fraction of sp³-hybridized carbons (Fsp3) is 0.400. The lowest BCUT2D eigenvalue weighted by Gasteiger charge is -2.34. The number of piperazine rings is 1. The van der Waals surface area contributed by atoms with Crippen molar-refractivity contribution in [3.63, 3.8) is 0 Å². The Balaban J connectivity index is 1.55. The van der Waals surface area contributed by atoms with Gasteiger partial charge in [0.1, 0.15) is 0 Å². The van der Waals surface area contributed by atoms with E-state index in [4.69, 9.17) is 0 Å². The van der Waals surface area contributed by atoms with Crippen LogP contribution < -0.4 is 4.90 Å². The SMILES string of the molecule is Cc1ccc(N2CCN(Cc3ccccn3)CC2)nn1. The molecule has 104 valence electrons. The van der Waals surface area contributed by atoms with Crippen LogP contribution in [0.5, 0.6) is 0 Å². The number of nitrogens with zero attached hydrogens (tertiary/aromatic N) is 5. The molecule has 3 rings (SSSR count). The van der Waals surface area contributed by atoms with Gasteiger partial charge in [-0.15, -0.1) is 5.10 Å². The molecule has 0 radical (unpaired) electrons. The van der Waals surface area contributed by atoms with Gasteiger partial charge in [0.05, 0.1) is 11.4 Å². The average molecular weight is 269 g/mol. The number of hydrogen-bond donors (Lipinski definition) is 0. The Bertz CT molecular complexity index is 532. The highest BCUT2D eigenvalue weighted by Gasteiger charge is 2.18. The van der Waals surface area contributed by atoms with Crippen LogP contribution in [0.25, 0.3) is 0 Å². The molecular formula is C15H19N5. The van der Waals surface area contributed by atoms with E-state index >= 15 is 0 Å². The number of anilines is 1. The molecule has 0 bridgehead atoms. The fourth-order valence-electron chi connectivity index (χ4n) is 2.42. The molecule has 0 spiro atoms. The molecule has 5 nitrogen and oxygen atoms in total. The largest absolute Gasteiger partial charge is 0.353 e. The van der Waals surface area contributed by atoms with Crippen molar-refractivity contribution in [3.8, 4) is 0 Å². The first kappa shape index (κ1) is 13.0. The topological polar surface area (TPSA) is 45.2 Å². The molecule has 2 aromatic rings. The predicted octanol–water partition coefficient (Wildman–Crippen LogP) is 1.50. The van der Waals surface area contributed by atoms with Gasteiger partial charge >= 0.3 is 0 Å². The summed E-state index contributed by atoms with van der Waals surface area (Å²) in [4.78, 5) is 9.11. The number of pyridine rings is 1. The second-order valence-corrected chi connectivity index (χ2v) is 5.12. The van der Waals surface area contributed by atoms with Crippen molar-refractivity contribution in [2.45, 2.75) is 13.5 Å². The Morgan fingerprint density at radius 2 is 1.85 bits per heavy atom. The standard InChI is InChI=1S/C15H19N5/c1-13-5-6-15(18-17-13)20-10-8-19(9-11-20)12-14-4-2-3-7-16-14/h2-7H,8-12H2,1H3. The number of rotatable bonds is 3. The molecule has 3 heterocycles. The molecule has 1 aliphatic rings. The molecular weight excluding hydrogens is 250 g/mol. The van der Waals surface area contributed by atoms with Crippen LogP contribution in [-0.4, -0.2) is 46.3 Å². The van der Waals surface area contributed by atoms with Crippen molar-refractivity contribution in [2.24, 2.45) is 0 Å². The molecule has 2 aromatic heterocycles. The van der Waals surface area contributed by atoms with Crippen LogP contribution >= 0.6 is 0 Å². The first-order chi connectivity index (χ1) is 9.81. The van der Waals surface area contributed by atoms with Gasteiger partial charge in [0.15, 0.2) is 5.82 Å². The lowest BCUT2D eigenvalue weighted by atomic mass is 10.2. The molecule has 5 heteroatoms. The summed E-state index contributed by atoms with van der Waals surface area (Å²) in [6.07, 6.45) is 1.85. The van der Waals surface area contributed by atoms with E-state index in [0.29, 0.717) is 0 Å². The third kappa shape index (κ3) is 3.11. The maximum absolute atomic E-state index is 4.38. The Kier molecular flexibility index (Phi) is 3.87. The zero-order chi connectivity index (χ0) is 13.8. The van der Waals surface area contributed by atoms with E-state index in [0.717, 1.165) is 49.9 Å². The van der Waals surface area contributed by atoms with Gasteiger partial charge in [-0.25, -0.2) is 0 Å². The van der Waals surface area contributed by atoms with Crippen LogP contribution in [-0.2, 0) is 6.54 Å². The summed E-state index contributed by atoms with van der Waals surface area (Å²) in [7, 11) is 0. The molecule has 0 aromatic carbocycles. The van der Waals surface area contributed by atoms with E-state index in [1.54, 1.807) is 0 Å². The van der Waals surface area contributed by atoms with Crippen LogP contribution in [0.1, 0.15) is 11.4 Å². The highest BCUT2D eigenvalue weighted by Crippen LogP contribution is 2.13. The lowest BCUT2D eigenvalue weighted by Crippen LogP contribution is -2.46. The van der Waals surface area contributed by atoms with Gasteiger partial charge in [0.25, 0.3) is 0 Å². The lowest BCUT2D eigenvalue weighted by molar-refractivity contribution is 0.246. The summed E-state index contributed by atoms with van der Waals surface area (Å²) in [5.74, 6) is 0.980. The summed E-state index contributed by atoms with van der Waals surface area (Å²) < 4.78 is 0. The van der Waals surface area contributed by atoms with Crippen LogP contribution in [0.3, 0.4) is 0 Å². The van der Waals surface area contributed by atoms with Crippen LogP contribution in [0.15, 0.2) is 36.5 Å². The van der Waals surface area contributed by atoms with Gasteiger partial charge in [-0.05, 0) is 31.2 Å². The van der Waals surface area contributed by atoms with Crippen molar-refractivity contribution in [1.82, 2.24) is 20.1 Å². The third-order valence-corrected chi connectivity index (χ3v) is 3.59. The van der Waals surface area contributed by atoms with Gasteiger partial charge in [-0.1, -0.05) is 6.07 Å². The van der Waals surface area contributed by atoms with Crippen molar-refractivity contribution >= 4 is 5.82 Å². The van der Waals surface area contributed by atoms with Gasteiger partial charge in [-0.2, -0.15) is 5.10 Å². The zero-order valence-electron chi connectivity index (χ0n) is 11.7. The minimum atomic E-state index is 0.925. The molecule has 0 atom stereocenters. The average Bonchev–Trinajstić information content (AvgIpc) is 2.50. The molecule has 0 N–H and O–H groups in total. The van der Waals surface area contributed by atoms with E-state index in [9.17, 15) is 0 Å². The van der Waals surface area contributed by atoms with Gasteiger partial charge in [0, 0.05) is 38.9 Å². The van der Waals surface area contributed by atoms with Crippen molar-refractivity contribution < 1.29 is 0 Å². The second kappa shape index (κ2) is 5.96. The Hall–Kier alpha value is -2.01. The van der Waals surface area contributed by atoms with Crippen LogP contribution in [0.2, 0.25) is 0 Å². The molecule has 0 aliphatic carbocycles. The molecule has 0 unspecified atom stereocenters. The molecule has 0 amide bonds. The van der Waals surface area contributed by atoms with Gasteiger partial charge < -0.3 is 4.90 Å². The quantitative estimate of drug-likeness (QED) is 0.845. The van der Waals surface area contributed by atoms with Crippen LogP contribution in [0, 0.1) is 6.92 Å². The minimum Gasteiger partial charge on any atom is -0.353 e. The second-order valence-electron chi connectivity index (χ2n) is 5.12. The number of aromatic nitrogens is 3. The highest BCUT2D eigenvalue weighted by atomic mass is 15.3. The summed E-state index contributed by atoms with van der Waals surface area (Å²) in [6.45, 7) is 6.93. The Morgan fingerprint density at radius 3 is 2.50 bits per heavy atom. The van der Waals surface area contributed by atoms with E-state index in [1.807, 2.05) is 31.3 Å². The normalized spacial score (nSPS) is 16.4. The van der Waals surface area contributed by atoms with Gasteiger partial charge in [-0.3, -0.25) is 9.88 Å². The van der Waals surface area contributed by atoms with E-state index in [2.05, 4.69) is 37.1 Å². The maximum Gasteiger partial charge on any atom is 0.151 e. The fourth-order valence-corrected chi connectivity index (χ4v) is 2.42. The molecule has 1 saturated heterocycles. The summed E-state index contributed by atoms with van der Waals surface area (Å²) in [6, 6.07) is 10.1. The van der Waals surface area contributed by atoms with Crippen molar-refractivity contribution in [1.29, 1.82) is 0 Å². The maximum atomic E-state index is 4.38. The zero-order valence-corrected chi connectivity index (χ0v) is 11.7. The number of hydrogen-bond acceptors (Lipinski definition) is 5. The summed E-state index contributed by atoms with van der Waals surface area (Å²) in [5.41, 5.74) is 2.10. The third-order valence-electron chi connectivity index (χ3n) is 3.59. The Labute approximate surface area is 119 Å². The van der Waals surface area contributed by atoms with Crippen LogP contribution in [0.4, 0.5) is 5.82 Å². The Morgan fingerprint density at radius 1 is 1.00 bits per heavy atom. The number of aryl methyl sites for hydroxylation is 1. The summed E-state index contributed by atoms with van der Waals surface area (Å²) in [5, 5.41) is 8.38. The first-order valence-corrected chi connectivity index (χ1v) is 6.99. The smallest absolute Gasteiger partial charge is 0.151 e. The molecule has 20 heavy (non-hydrogen) atoms. The van der Waals surface area contributed by atoms with Crippen molar-refractivity contribution in [3.05, 3.63) is 47.9 Å².